The molecule has 0 heterocycles. The summed E-state index contributed by atoms with van der Waals surface area (Å²) in [4.78, 5) is 14.5. The van der Waals surface area contributed by atoms with E-state index in [2.05, 4.69) is 5.32 Å². The van der Waals surface area contributed by atoms with E-state index in [1.54, 1.807) is 11.8 Å². The fourth-order valence-electron chi connectivity index (χ4n) is 4.20. The molecule has 2 saturated carbocycles. The van der Waals surface area contributed by atoms with Gasteiger partial charge >= 0.3 is 17.1 Å². The molecular formula is C33H31FeNO2S+2. The zero-order valence-electron chi connectivity index (χ0n) is 21.0. The van der Waals surface area contributed by atoms with Gasteiger partial charge in [0.05, 0.1) is 23.3 Å². The minimum Gasteiger partial charge on any atom is -0.394 e. The van der Waals surface area contributed by atoms with Crippen molar-refractivity contribution in [2.24, 2.45) is 0 Å². The molecule has 0 spiro atoms. The van der Waals surface area contributed by atoms with Gasteiger partial charge in [-0.15, -0.1) is 11.8 Å². The molecule has 0 bridgehead atoms. The van der Waals surface area contributed by atoms with Gasteiger partial charge in [-0.3, -0.25) is 4.79 Å². The van der Waals surface area contributed by atoms with Crippen molar-refractivity contribution in [3.05, 3.63) is 165 Å². The number of aliphatic hydroxyl groups excluding tert-OH is 1. The van der Waals surface area contributed by atoms with Gasteiger partial charge in [0.2, 0.25) is 5.91 Å². The average Bonchev–Trinajstić information content (AvgIpc) is 3.66. The van der Waals surface area contributed by atoms with Crippen LogP contribution in [0.15, 0.2) is 95.9 Å². The topological polar surface area (TPSA) is 49.3 Å². The van der Waals surface area contributed by atoms with Crippen LogP contribution in [-0.2, 0) is 34.7 Å². The molecule has 1 amide bonds. The van der Waals surface area contributed by atoms with E-state index in [-0.39, 0.29) is 29.6 Å². The Morgan fingerprint density at radius 2 is 1.16 bits per heavy atom. The maximum absolute atomic E-state index is 13.4. The van der Waals surface area contributed by atoms with E-state index in [0.29, 0.717) is 18.8 Å². The Morgan fingerprint density at radius 3 is 1.63 bits per heavy atom. The molecule has 2 fully saturated rings. The number of hydrogen-bond acceptors (Lipinski definition) is 3. The van der Waals surface area contributed by atoms with Gasteiger partial charge in [0, 0.05) is 4.90 Å². The summed E-state index contributed by atoms with van der Waals surface area (Å²) in [6.07, 6.45) is 16.8. The van der Waals surface area contributed by atoms with E-state index in [4.69, 9.17) is 0 Å². The molecule has 5 rings (SSSR count). The van der Waals surface area contributed by atoms with E-state index < -0.39 is 5.54 Å². The van der Waals surface area contributed by atoms with Crippen molar-refractivity contribution in [3.8, 4) is 0 Å². The van der Waals surface area contributed by atoms with Crippen LogP contribution >= 0.6 is 11.8 Å². The van der Waals surface area contributed by atoms with Crippen LogP contribution in [0.25, 0.3) is 0 Å². The van der Waals surface area contributed by atoms with E-state index >= 15 is 0 Å². The third-order valence-corrected chi connectivity index (χ3v) is 7.08. The van der Waals surface area contributed by atoms with Crippen molar-refractivity contribution in [2.45, 2.75) is 23.3 Å². The Labute approximate surface area is 243 Å². The van der Waals surface area contributed by atoms with Gasteiger partial charge in [-0.2, -0.15) is 0 Å². The van der Waals surface area contributed by atoms with Crippen molar-refractivity contribution < 1.29 is 27.0 Å². The fraction of sp³-hybridized carbons (Fsp3) is 0.121. The molecule has 2 aliphatic carbocycles. The minimum atomic E-state index is -0.814. The molecule has 0 aromatic heterocycles. The standard InChI is InChI=1S/C28H26NO2S.C5H5.Fe/c30-21-28(19-22-11-4-1-5-12-22,20-23-13-6-2-7-14-23)29-27(31)25-17-10-18-26(25)32-24-15-8-3-9-16-24;1-2-4-5-3-1;/h1-18,30H,19-21H2,(H,29,31);1-5H;/q;;+2. The van der Waals surface area contributed by atoms with Gasteiger partial charge in [0.15, 0.2) is 0 Å². The fourth-order valence-corrected chi connectivity index (χ4v) is 5.16. The average molecular weight is 562 g/mol. The molecule has 5 heteroatoms. The Balaban J connectivity index is 0.000000598. The Morgan fingerprint density at radius 1 is 0.684 bits per heavy atom. The van der Waals surface area contributed by atoms with Crippen LogP contribution in [0.1, 0.15) is 11.1 Å². The second-order valence-electron chi connectivity index (χ2n) is 8.90. The van der Waals surface area contributed by atoms with Gasteiger partial charge < -0.3 is 10.4 Å². The van der Waals surface area contributed by atoms with Crippen LogP contribution in [0, 0.1) is 62.5 Å². The number of aliphatic hydroxyl groups is 1. The first kappa shape index (κ1) is 30.5. The molecule has 38 heavy (non-hydrogen) atoms. The number of carbonyl (C=O) groups excluding carboxylic acids is 1. The molecule has 0 atom stereocenters. The van der Waals surface area contributed by atoms with Crippen molar-refractivity contribution in [2.75, 3.05) is 6.61 Å². The third kappa shape index (κ3) is 9.31. The molecule has 0 saturated heterocycles. The first-order valence-corrected chi connectivity index (χ1v) is 13.2. The predicted octanol–water partition coefficient (Wildman–Crippen LogP) is 5.86. The predicted molar refractivity (Wildman–Crippen MR) is 151 cm³/mol. The zero-order valence-corrected chi connectivity index (χ0v) is 22.9. The van der Waals surface area contributed by atoms with Gasteiger partial charge in [-0.1, -0.05) is 78.9 Å². The van der Waals surface area contributed by atoms with Crippen molar-refractivity contribution in [1.29, 1.82) is 0 Å². The monoisotopic (exact) mass is 561 g/mol. The van der Waals surface area contributed by atoms with Gasteiger partial charge in [-0.05, 0) is 87.5 Å². The van der Waals surface area contributed by atoms with Crippen molar-refractivity contribution >= 4 is 17.7 Å². The summed E-state index contributed by atoms with van der Waals surface area (Å²) in [6.45, 7) is -0.162. The number of nitrogens with one attached hydrogen (secondary N) is 1. The first-order chi connectivity index (χ1) is 18.2. The number of thioether (sulfide) groups is 1. The number of amides is 1. The molecule has 192 valence electrons. The van der Waals surface area contributed by atoms with Crippen LogP contribution in [0.4, 0.5) is 0 Å². The molecule has 2 aliphatic rings. The number of hydrogen-bond donors (Lipinski definition) is 2. The van der Waals surface area contributed by atoms with Crippen LogP contribution in [-0.4, -0.2) is 23.2 Å². The third-order valence-electron chi connectivity index (χ3n) is 6.00. The summed E-state index contributed by atoms with van der Waals surface area (Å²) in [5.41, 5.74) is 1.32. The summed E-state index contributed by atoms with van der Waals surface area (Å²) >= 11 is 1.57. The summed E-state index contributed by atoms with van der Waals surface area (Å²) < 4.78 is 0. The van der Waals surface area contributed by atoms with Gasteiger partial charge in [-0.25, -0.2) is 0 Å². The number of carbonyl (C=O) groups is 1. The zero-order chi connectivity index (χ0) is 25.8. The van der Waals surface area contributed by atoms with E-state index in [0.717, 1.165) is 21.3 Å². The van der Waals surface area contributed by atoms with Gasteiger partial charge in [0.1, 0.15) is 0 Å². The van der Waals surface area contributed by atoms with E-state index in [1.165, 1.54) is 0 Å². The van der Waals surface area contributed by atoms with Crippen LogP contribution < -0.4 is 5.32 Å². The second kappa shape index (κ2) is 16.2. The molecule has 3 aromatic rings. The Hall–Kier alpha value is -2.04. The normalized spacial score (nSPS) is 15.8. The molecule has 2 N–H and O–H groups in total. The number of benzene rings is 3. The Kier molecular flexibility index (Phi) is 13.0. The SMILES string of the molecule is O=C(NC(CO)(Cc1ccccc1)Cc1ccccc1)[C]1[CH][CH][CH][C]1Sc1ccccc1.[CH]1[CH][CH][CH][CH]1.[Fe+2]. The first-order valence-electron chi connectivity index (χ1n) is 12.3. The minimum absolute atomic E-state index is 0. The van der Waals surface area contributed by atoms with Crippen LogP contribution in [0.5, 0.6) is 0 Å². The molecule has 10 radical (unpaired) electrons. The molecule has 3 nitrogen and oxygen atoms in total. The van der Waals surface area contributed by atoms with Crippen molar-refractivity contribution in [1.82, 2.24) is 5.32 Å². The summed E-state index contributed by atoms with van der Waals surface area (Å²) in [5.74, 6) is 0.451. The second-order valence-corrected chi connectivity index (χ2v) is 10.0. The maximum Gasteiger partial charge on any atom is 2.00 e. The molecule has 0 unspecified atom stereocenters. The maximum atomic E-state index is 13.4. The smallest absolute Gasteiger partial charge is 0.394 e. The van der Waals surface area contributed by atoms with Crippen LogP contribution in [0.3, 0.4) is 0 Å². The Bertz CT molecular complexity index is 1010. The summed E-state index contributed by atoms with van der Waals surface area (Å²) in [6, 6.07) is 30.0. The summed E-state index contributed by atoms with van der Waals surface area (Å²) in [7, 11) is 0. The van der Waals surface area contributed by atoms with Crippen molar-refractivity contribution in [3.63, 3.8) is 0 Å². The molecule has 3 aromatic carbocycles. The van der Waals surface area contributed by atoms with E-state index in [1.807, 2.05) is 142 Å². The quantitative estimate of drug-likeness (QED) is 0.322. The number of rotatable bonds is 9. The van der Waals surface area contributed by atoms with Gasteiger partial charge in [0.25, 0.3) is 0 Å². The molecular weight excluding hydrogens is 530 g/mol. The largest absolute Gasteiger partial charge is 2.00 e. The molecule has 0 aliphatic heterocycles. The van der Waals surface area contributed by atoms with E-state index in [9.17, 15) is 9.90 Å². The van der Waals surface area contributed by atoms with Crippen LogP contribution in [0.2, 0.25) is 0 Å². The summed E-state index contributed by atoms with van der Waals surface area (Å²) in [5, 5.41) is 14.6.